The van der Waals surface area contributed by atoms with E-state index in [0.717, 1.165) is 25.9 Å². The van der Waals surface area contributed by atoms with Crippen molar-refractivity contribution in [2.24, 2.45) is 0 Å². The van der Waals surface area contributed by atoms with Crippen molar-refractivity contribution in [3.8, 4) is 11.5 Å². The van der Waals surface area contributed by atoms with Crippen LogP contribution in [0, 0.1) is 3.57 Å². The zero-order chi connectivity index (χ0) is 16.3. The van der Waals surface area contributed by atoms with Crippen molar-refractivity contribution >= 4 is 40.1 Å². The summed E-state index contributed by atoms with van der Waals surface area (Å²) in [5, 5.41) is 13.4. The van der Waals surface area contributed by atoms with Crippen molar-refractivity contribution in [3.05, 3.63) is 20.2 Å². The van der Waals surface area contributed by atoms with E-state index in [1.54, 1.807) is 6.07 Å². The van der Waals surface area contributed by atoms with Crippen molar-refractivity contribution in [2.45, 2.75) is 25.8 Å². The summed E-state index contributed by atoms with van der Waals surface area (Å²) < 4.78 is 5.70. The lowest BCUT2D eigenvalue weighted by Crippen LogP contribution is -2.40. The molecule has 0 saturated carbocycles. The average Bonchev–Trinajstić information content (AvgIpc) is 2.95. The third kappa shape index (κ3) is 3.60. The van der Waals surface area contributed by atoms with Gasteiger partial charge >= 0.3 is 0 Å². The van der Waals surface area contributed by atoms with E-state index in [-0.39, 0.29) is 23.0 Å². The number of nitrogens with zero attached hydrogens (tertiary/aromatic N) is 1. The molecule has 5 nitrogen and oxygen atoms in total. The fourth-order valence-corrected chi connectivity index (χ4v) is 3.89. The number of likely N-dealkylation sites (tertiary alicyclic amines) is 1. The Hall–Kier alpha value is -0.730. The highest BCUT2D eigenvalue weighted by Crippen LogP contribution is 2.38. The lowest BCUT2D eigenvalue weighted by Gasteiger charge is -2.23. The van der Waals surface area contributed by atoms with Gasteiger partial charge in [-0.25, -0.2) is 0 Å². The second kappa shape index (κ2) is 7.70. The van der Waals surface area contributed by atoms with Crippen molar-refractivity contribution in [2.75, 3.05) is 26.7 Å². The number of amides is 1. The van der Waals surface area contributed by atoms with Crippen LogP contribution < -0.4 is 10.1 Å². The Morgan fingerprint density at radius 2 is 2.36 bits per heavy atom. The topological polar surface area (TPSA) is 61.8 Å². The van der Waals surface area contributed by atoms with Crippen LogP contribution in [0.5, 0.6) is 11.5 Å². The molecule has 1 aromatic rings. The summed E-state index contributed by atoms with van der Waals surface area (Å²) in [5.41, 5.74) is 0.0976. The van der Waals surface area contributed by atoms with Gasteiger partial charge in [-0.3, -0.25) is 9.69 Å². The van der Waals surface area contributed by atoms with Crippen LogP contribution in [-0.4, -0.2) is 48.7 Å². The number of ether oxygens (including phenoxy) is 1. The van der Waals surface area contributed by atoms with E-state index < -0.39 is 0 Å². The molecular formula is C15H20ClIN2O3. The summed E-state index contributed by atoms with van der Waals surface area (Å²) >= 11 is 8.03. The average molecular weight is 439 g/mol. The number of halogens is 2. The summed E-state index contributed by atoms with van der Waals surface area (Å²) in [6.07, 6.45) is 2.22. The smallest absolute Gasteiger partial charge is 0.258 e. The van der Waals surface area contributed by atoms with Gasteiger partial charge in [0, 0.05) is 12.6 Å². The van der Waals surface area contributed by atoms with E-state index >= 15 is 0 Å². The van der Waals surface area contributed by atoms with Crippen molar-refractivity contribution in [1.82, 2.24) is 10.2 Å². The summed E-state index contributed by atoms with van der Waals surface area (Å²) in [7, 11) is 1.43. The SMILES string of the molecule is CCN1CCC[C@H]1CNC(=O)c1c(O)c(I)cc(Cl)c1OC. The minimum atomic E-state index is -0.363. The van der Waals surface area contributed by atoms with E-state index in [0.29, 0.717) is 21.2 Å². The minimum absolute atomic E-state index is 0.0976. The molecular weight excluding hydrogens is 419 g/mol. The van der Waals surface area contributed by atoms with E-state index in [1.807, 2.05) is 22.6 Å². The Balaban J connectivity index is 2.16. The Kier molecular flexibility index (Phi) is 6.17. The molecule has 0 spiro atoms. The van der Waals surface area contributed by atoms with Gasteiger partial charge in [0.2, 0.25) is 0 Å². The van der Waals surface area contributed by atoms with Gasteiger partial charge in [-0.15, -0.1) is 0 Å². The zero-order valence-corrected chi connectivity index (χ0v) is 15.6. The Morgan fingerprint density at radius 1 is 1.64 bits per heavy atom. The van der Waals surface area contributed by atoms with Crippen LogP contribution in [-0.2, 0) is 0 Å². The highest BCUT2D eigenvalue weighted by molar-refractivity contribution is 14.1. The van der Waals surface area contributed by atoms with Gasteiger partial charge in [-0.2, -0.15) is 0 Å². The molecule has 7 heteroatoms. The molecule has 1 aromatic carbocycles. The molecule has 22 heavy (non-hydrogen) atoms. The van der Waals surface area contributed by atoms with E-state index in [2.05, 4.69) is 17.1 Å². The number of phenols is 1. The van der Waals surface area contributed by atoms with Crippen LogP contribution in [0.15, 0.2) is 6.07 Å². The largest absolute Gasteiger partial charge is 0.506 e. The zero-order valence-electron chi connectivity index (χ0n) is 12.7. The van der Waals surface area contributed by atoms with Crippen LogP contribution in [0.2, 0.25) is 5.02 Å². The Bertz CT molecular complexity index is 568. The first kappa shape index (κ1) is 17.6. The van der Waals surface area contributed by atoms with Crippen LogP contribution in [0.3, 0.4) is 0 Å². The number of hydrogen-bond donors (Lipinski definition) is 2. The van der Waals surface area contributed by atoms with Gasteiger partial charge in [0.15, 0.2) is 5.75 Å². The number of hydrogen-bond acceptors (Lipinski definition) is 4. The van der Waals surface area contributed by atoms with E-state index in [9.17, 15) is 9.90 Å². The first-order chi connectivity index (χ1) is 10.5. The highest BCUT2D eigenvalue weighted by atomic mass is 127. The van der Waals surface area contributed by atoms with Gasteiger partial charge in [0.05, 0.1) is 15.7 Å². The number of likely N-dealkylation sites (N-methyl/N-ethyl adjacent to an activating group) is 1. The first-order valence-electron chi connectivity index (χ1n) is 7.26. The van der Waals surface area contributed by atoms with Gasteiger partial charge < -0.3 is 15.2 Å². The van der Waals surface area contributed by atoms with Crippen molar-refractivity contribution in [3.63, 3.8) is 0 Å². The number of aromatic hydroxyl groups is 1. The molecule has 1 heterocycles. The molecule has 2 rings (SSSR count). The maximum absolute atomic E-state index is 12.5. The molecule has 1 atom stereocenters. The third-order valence-corrected chi connectivity index (χ3v) is 5.10. The molecule has 0 unspecified atom stereocenters. The first-order valence-corrected chi connectivity index (χ1v) is 8.72. The number of carbonyl (C=O) groups excluding carboxylic acids is 1. The molecule has 1 fully saturated rings. The molecule has 0 aliphatic carbocycles. The van der Waals surface area contributed by atoms with Gasteiger partial charge in [-0.1, -0.05) is 18.5 Å². The summed E-state index contributed by atoms with van der Waals surface area (Å²) in [5.74, 6) is -0.258. The predicted molar refractivity (Wildman–Crippen MR) is 95.0 cm³/mol. The van der Waals surface area contributed by atoms with Gasteiger partial charge in [0.25, 0.3) is 5.91 Å². The highest BCUT2D eigenvalue weighted by Gasteiger charge is 2.26. The van der Waals surface area contributed by atoms with E-state index in [1.165, 1.54) is 7.11 Å². The molecule has 1 aliphatic heterocycles. The standard InChI is InChI=1S/C15H20ClIN2O3/c1-3-19-6-4-5-9(19)8-18-15(21)12-13(20)11(17)7-10(16)14(12)22-2/h7,9,20H,3-6,8H2,1-2H3,(H,18,21)/t9-/m0/s1. The second-order valence-corrected chi connectivity index (χ2v) is 6.80. The monoisotopic (exact) mass is 438 g/mol. The fourth-order valence-electron chi connectivity index (χ4n) is 2.84. The fraction of sp³-hybridized carbons (Fsp3) is 0.533. The summed E-state index contributed by atoms with van der Waals surface area (Å²) in [6, 6.07) is 1.92. The maximum Gasteiger partial charge on any atom is 0.258 e. The van der Waals surface area contributed by atoms with Crippen LogP contribution >= 0.6 is 34.2 Å². The Morgan fingerprint density at radius 3 is 3.00 bits per heavy atom. The third-order valence-electron chi connectivity index (χ3n) is 4.00. The van der Waals surface area contributed by atoms with Crippen LogP contribution in [0.1, 0.15) is 30.1 Å². The number of phenolic OH excluding ortho intramolecular Hbond substituents is 1. The number of nitrogens with one attached hydrogen (secondary N) is 1. The van der Waals surface area contributed by atoms with Gasteiger partial charge in [0.1, 0.15) is 11.3 Å². The van der Waals surface area contributed by atoms with Crippen molar-refractivity contribution in [1.29, 1.82) is 0 Å². The second-order valence-electron chi connectivity index (χ2n) is 5.23. The predicted octanol–water partition coefficient (Wildman–Crippen LogP) is 2.87. The summed E-state index contributed by atoms with van der Waals surface area (Å²) in [6.45, 7) is 4.72. The van der Waals surface area contributed by atoms with Gasteiger partial charge in [-0.05, 0) is 54.6 Å². The van der Waals surface area contributed by atoms with Crippen LogP contribution in [0.25, 0.3) is 0 Å². The number of carbonyl (C=O) groups is 1. The molecule has 1 saturated heterocycles. The van der Waals surface area contributed by atoms with E-state index in [4.69, 9.17) is 16.3 Å². The lowest BCUT2D eigenvalue weighted by molar-refractivity contribution is 0.0935. The minimum Gasteiger partial charge on any atom is -0.506 e. The number of rotatable bonds is 5. The molecule has 0 aromatic heterocycles. The molecule has 2 N–H and O–H groups in total. The number of benzene rings is 1. The molecule has 1 aliphatic rings. The summed E-state index contributed by atoms with van der Waals surface area (Å²) in [4.78, 5) is 14.8. The Labute approximate surface area is 149 Å². The van der Waals surface area contributed by atoms with Crippen molar-refractivity contribution < 1.29 is 14.6 Å². The number of methoxy groups -OCH3 is 1. The quantitative estimate of drug-likeness (QED) is 0.694. The molecule has 0 bridgehead atoms. The normalized spacial score (nSPS) is 18.5. The molecule has 0 radical (unpaired) electrons. The van der Waals surface area contributed by atoms with Crippen LogP contribution in [0.4, 0.5) is 0 Å². The molecule has 122 valence electrons. The molecule has 1 amide bonds. The lowest BCUT2D eigenvalue weighted by atomic mass is 10.1. The maximum atomic E-state index is 12.5.